The normalized spacial score (nSPS) is 17.7. The van der Waals surface area contributed by atoms with E-state index in [0.29, 0.717) is 31.3 Å². The molecule has 112 valence electrons. The van der Waals surface area contributed by atoms with Gasteiger partial charge in [0.1, 0.15) is 0 Å². The van der Waals surface area contributed by atoms with E-state index >= 15 is 0 Å². The number of carbonyl (C=O) groups is 1. The van der Waals surface area contributed by atoms with E-state index in [-0.39, 0.29) is 5.91 Å². The van der Waals surface area contributed by atoms with Crippen molar-refractivity contribution in [2.24, 2.45) is 0 Å². The van der Waals surface area contributed by atoms with E-state index in [1.54, 1.807) is 11.1 Å². The smallest absolute Gasteiger partial charge is 0.262 e. The van der Waals surface area contributed by atoms with Gasteiger partial charge >= 0.3 is 0 Å². The third kappa shape index (κ3) is 2.21. The predicted octanol–water partition coefficient (Wildman–Crippen LogP) is 1.47. The van der Waals surface area contributed by atoms with Gasteiger partial charge in [-0.1, -0.05) is 18.2 Å². The van der Waals surface area contributed by atoms with Gasteiger partial charge in [-0.25, -0.2) is 9.97 Å². The standard InChI is InChI=1S/C16H16N4O2/c21-15-13-10-17-16(19-6-8-22-9-7-19)18-14(13)11-20(15)12-4-2-1-3-5-12/h1-5,10H,6-9,11H2. The van der Waals surface area contributed by atoms with E-state index in [1.807, 2.05) is 30.3 Å². The number of aromatic nitrogens is 2. The van der Waals surface area contributed by atoms with Crippen molar-refractivity contribution in [2.45, 2.75) is 6.54 Å². The van der Waals surface area contributed by atoms with Gasteiger partial charge < -0.3 is 14.5 Å². The van der Waals surface area contributed by atoms with Crippen LogP contribution in [0.25, 0.3) is 0 Å². The SMILES string of the molecule is O=C1c2cnc(N3CCOCC3)nc2CN1c1ccccc1. The maximum absolute atomic E-state index is 12.5. The molecule has 1 saturated heterocycles. The fourth-order valence-electron chi connectivity index (χ4n) is 2.80. The summed E-state index contributed by atoms with van der Waals surface area (Å²) in [7, 11) is 0. The second-order valence-corrected chi connectivity index (χ2v) is 5.36. The second kappa shape index (κ2) is 5.38. The topological polar surface area (TPSA) is 58.6 Å². The number of para-hydroxylation sites is 1. The lowest BCUT2D eigenvalue weighted by molar-refractivity contribution is 0.0996. The number of morpholine rings is 1. The lowest BCUT2D eigenvalue weighted by atomic mass is 10.2. The Balaban J connectivity index is 1.63. The van der Waals surface area contributed by atoms with Crippen molar-refractivity contribution in [1.82, 2.24) is 9.97 Å². The lowest BCUT2D eigenvalue weighted by Crippen LogP contribution is -2.37. The molecule has 6 heteroatoms. The second-order valence-electron chi connectivity index (χ2n) is 5.36. The van der Waals surface area contributed by atoms with Crippen molar-refractivity contribution in [3.63, 3.8) is 0 Å². The molecule has 0 N–H and O–H groups in total. The maximum Gasteiger partial charge on any atom is 0.262 e. The highest BCUT2D eigenvalue weighted by Gasteiger charge is 2.31. The molecule has 3 heterocycles. The first-order chi connectivity index (χ1) is 10.8. The molecule has 0 aliphatic carbocycles. The Hall–Kier alpha value is -2.47. The minimum absolute atomic E-state index is 0.0327. The van der Waals surface area contributed by atoms with Crippen molar-refractivity contribution < 1.29 is 9.53 Å². The highest BCUT2D eigenvalue weighted by molar-refractivity contribution is 6.09. The zero-order valence-corrected chi connectivity index (χ0v) is 12.1. The van der Waals surface area contributed by atoms with Gasteiger partial charge in [-0.3, -0.25) is 4.79 Å². The molecule has 2 aliphatic heterocycles. The van der Waals surface area contributed by atoms with E-state index in [0.717, 1.165) is 24.5 Å². The number of fused-ring (bicyclic) bond motifs is 1. The van der Waals surface area contributed by atoms with Gasteiger partial charge in [0.2, 0.25) is 5.95 Å². The van der Waals surface area contributed by atoms with Crippen LogP contribution in [0, 0.1) is 0 Å². The fourth-order valence-corrected chi connectivity index (χ4v) is 2.80. The third-order valence-corrected chi connectivity index (χ3v) is 4.00. The summed E-state index contributed by atoms with van der Waals surface area (Å²) < 4.78 is 5.35. The maximum atomic E-state index is 12.5. The van der Waals surface area contributed by atoms with Crippen LogP contribution in [0.2, 0.25) is 0 Å². The summed E-state index contributed by atoms with van der Waals surface area (Å²) in [6, 6.07) is 9.65. The first kappa shape index (κ1) is 13.2. The molecule has 0 saturated carbocycles. The van der Waals surface area contributed by atoms with Crippen molar-refractivity contribution >= 4 is 17.5 Å². The molecular weight excluding hydrogens is 280 g/mol. The largest absolute Gasteiger partial charge is 0.378 e. The summed E-state index contributed by atoms with van der Waals surface area (Å²) >= 11 is 0. The number of anilines is 2. The number of ether oxygens (including phenoxy) is 1. The highest BCUT2D eigenvalue weighted by atomic mass is 16.5. The first-order valence-corrected chi connectivity index (χ1v) is 7.38. The first-order valence-electron chi connectivity index (χ1n) is 7.38. The van der Waals surface area contributed by atoms with Crippen LogP contribution in [0.15, 0.2) is 36.5 Å². The number of hydrogen-bond donors (Lipinski definition) is 0. The molecule has 1 aromatic heterocycles. The molecule has 22 heavy (non-hydrogen) atoms. The average Bonchev–Trinajstić information content (AvgIpc) is 2.93. The number of benzene rings is 1. The molecular formula is C16H16N4O2. The van der Waals surface area contributed by atoms with Crippen molar-refractivity contribution in [1.29, 1.82) is 0 Å². The Kier molecular flexibility index (Phi) is 3.23. The summed E-state index contributed by atoms with van der Waals surface area (Å²) in [4.78, 5) is 25.3. The summed E-state index contributed by atoms with van der Waals surface area (Å²) in [5, 5.41) is 0. The zero-order valence-electron chi connectivity index (χ0n) is 12.1. The van der Waals surface area contributed by atoms with Crippen LogP contribution in [0.4, 0.5) is 11.6 Å². The van der Waals surface area contributed by atoms with Crippen LogP contribution in [0.3, 0.4) is 0 Å². The summed E-state index contributed by atoms with van der Waals surface area (Å²) in [5.74, 6) is 0.652. The molecule has 2 aliphatic rings. The summed E-state index contributed by atoms with van der Waals surface area (Å²) in [6.45, 7) is 3.45. The van der Waals surface area contributed by atoms with Gasteiger partial charge in [-0.2, -0.15) is 0 Å². The quantitative estimate of drug-likeness (QED) is 0.840. The van der Waals surface area contributed by atoms with E-state index in [2.05, 4.69) is 14.9 Å². The Bertz CT molecular complexity index is 699. The summed E-state index contributed by atoms with van der Waals surface area (Å²) in [6.07, 6.45) is 1.65. The number of rotatable bonds is 2. The van der Waals surface area contributed by atoms with Gasteiger partial charge in [-0.05, 0) is 12.1 Å². The molecule has 1 aromatic carbocycles. The van der Waals surface area contributed by atoms with Gasteiger partial charge in [0.15, 0.2) is 0 Å². The molecule has 0 radical (unpaired) electrons. The Morgan fingerprint density at radius 2 is 1.86 bits per heavy atom. The lowest BCUT2D eigenvalue weighted by Gasteiger charge is -2.26. The van der Waals surface area contributed by atoms with E-state index in [4.69, 9.17) is 4.74 Å². The molecule has 2 aromatic rings. The van der Waals surface area contributed by atoms with E-state index in [1.165, 1.54) is 0 Å². The molecule has 0 bridgehead atoms. The number of nitrogens with zero attached hydrogens (tertiary/aromatic N) is 4. The molecule has 0 spiro atoms. The van der Waals surface area contributed by atoms with Crippen LogP contribution < -0.4 is 9.80 Å². The van der Waals surface area contributed by atoms with Gasteiger partial charge in [0.25, 0.3) is 5.91 Å². The Morgan fingerprint density at radius 3 is 2.64 bits per heavy atom. The van der Waals surface area contributed by atoms with Crippen LogP contribution in [-0.2, 0) is 11.3 Å². The van der Waals surface area contributed by atoms with E-state index < -0.39 is 0 Å². The van der Waals surface area contributed by atoms with E-state index in [9.17, 15) is 4.79 Å². The van der Waals surface area contributed by atoms with Gasteiger partial charge in [0, 0.05) is 25.0 Å². The number of hydrogen-bond acceptors (Lipinski definition) is 5. The van der Waals surface area contributed by atoms with Crippen LogP contribution >= 0.6 is 0 Å². The van der Waals surface area contributed by atoms with Crippen LogP contribution in [0.1, 0.15) is 16.1 Å². The Labute approximate surface area is 128 Å². The summed E-state index contributed by atoms with van der Waals surface area (Å²) in [5.41, 5.74) is 2.28. The fraction of sp³-hybridized carbons (Fsp3) is 0.312. The molecule has 1 fully saturated rings. The molecule has 1 amide bonds. The average molecular weight is 296 g/mol. The van der Waals surface area contributed by atoms with Gasteiger partial charge in [0.05, 0.1) is 31.0 Å². The number of amides is 1. The minimum Gasteiger partial charge on any atom is -0.378 e. The highest BCUT2D eigenvalue weighted by Crippen LogP contribution is 2.27. The van der Waals surface area contributed by atoms with Crippen LogP contribution in [-0.4, -0.2) is 42.2 Å². The minimum atomic E-state index is -0.0327. The Morgan fingerprint density at radius 1 is 1.09 bits per heavy atom. The number of carbonyl (C=O) groups excluding carboxylic acids is 1. The van der Waals surface area contributed by atoms with Crippen molar-refractivity contribution in [2.75, 3.05) is 36.1 Å². The third-order valence-electron chi connectivity index (χ3n) is 4.00. The molecule has 0 atom stereocenters. The molecule has 0 unspecified atom stereocenters. The van der Waals surface area contributed by atoms with Crippen molar-refractivity contribution in [3.8, 4) is 0 Å². The zero-order chi connectivity index (χ0) is 14.9. The monoisotopic (exact) mass is 296 g/mol. The van der Waals surface area contributed by atoms with Crippen LogP contribution in [0.5, 0.6) is 0 Å². The molecule has 6 nitrogen and oxygen atoms in total. The van der Waals surface area contributed by atoms with Crippen molar-refractivity contribution in [3.05, 3.63) is 47.8 Å². The predicted molar refractivity (Wildman–Crippen MR) is 82.0 cm³/mol. The molecule has 4 rings (SSSR count). The van der Waals surface area contributed by atoms with Gasteiger partial charge in [-0.15, -0.1) is 0 Å².